The lowest BCUT2D eigenvalue weighted by Crippen LogP contribution is -2.17. The van der Waals surface area contributed by atoms with Crippen LogP contribution in [0.15, 0.2) is 4.99 Å². The molecule has 0 bridgehead atoms. The molecule has 1 heterocycles. The molecule has 2 heteroatoms. The van der Waals surface area contributed by atoms with E-state index in [0.29, 0.717) is 6.61 Å². The Morgan fingerprint density at radius 1 is 1.71 bits per heavy atom. The first-order valence-electron chi connectivity index (χ1n) is 2.29. The van der Waals surface area contributed by atoms with Gasteiger partial charge in [-0.2, -0.15) is 0 Å². The Balaban J connectivity index is 2.57. The summed E-state index contributed by atoms with van der Waals surface area (Å²) in [5, 5.41) is 0. The second-order valence-electron chi connectivity index (χ2n) is 2.30. The fourth-order valence-corrected chi connectivity index (χ4v) is 0.397. The van der Waals surface area contributed by atoms with Crippen molar-refractivity contribution in [2.45, 2.75) is 19.4 Å². The molecule has 0 atom stereocenters. The zero-order valence-electron chi connectivity index (χ0n) is 4.56. The Labute approximate surface area is 43.2 Å². The molecule has 1 rings (SSSR count). The first-order valence-corrected chi connectivity index (χ1v) is 2.29. The summed E-state index contributed by atoms with van der Waals surface area (Å²) in [5.41, 5.74) is -0.0139. The van der Waals surface area contributed by atoms with Gasteiger partial charge in [-0.3, -0.25) is 0 Å². The maximum absolute atomic E-state index is 4.74. The Bertz CT molecular complexity index is 96.3. The summed E-state index contributed by atoms with van der Waals surface area (Å²) in [4.78, 5) is 3.90. The standard InChI is InChI=1S/C5H8NO/c1-5(2)3-7-4-6-5/h3H2,1-2H3/q-1. The predicted molar refractivity (Wildman–Crippen MR) is 27.5 cm³/mol. The van der Waals surface area contributed by atoms with Gasteiger partial charge in [-0.1, -0.05) is 0 Å². The molecule has 0 unspecified atom stereocenters. The second kappa shape index (κ2) is 1.22. The molecular formula is C5H8NO-. The van der Waals surface area contributed by atoms with Gasteiger partial charge in [-0.15, -0.1) is 0 Å². The van der Waals surface area contributed by atoms with Gasteiger partial charge in [0.2, 0.25) is 0 Å². The third kappa shape index (κ3) is 0.918. The van der Waals surface area contributed by atoms with Crippen LogP contribution in [0.3, 0.4) is 0 Å². The van der Waals surface area contributed by atoms with E-state index in [9.17, 15) is 0 Å². The molecule has 40 valence electrons. The third-order valence-electron chi connectivity index (χ3n) is 0.838. The smallest absolute Gasteiger partial charge is 0.0691 e. The third-order valence-corrected chi connectivity index (χ3v) is 0.838. The van der Waals surface area contributed by atoms with Crippen LogP contribution in [-0.4, -0.2) is 18.5 Å². The minimum atomic E-state index is -0.0139. The molecule has 0 amide bonds. The monoisotopic (exact) mass is 98.1 g/mol. The summed E-state index contributed by atoms with van der Waals surface area (Å²) in [5.74, 6) is 0. The molecule has 0 spiro atoms. The summed E-state index contributed by atoms with van der Waals surface area (Å²) in [6.45, 7) is 4.69. The number of nitrogens with zero attached hydrogens (tertiary/aromatic N) is 1. The minimum Gasteiger partial charge on any atom is -0.673 e. The van der Waals surface area contributed by atoms with Gasteiger partial charge < -0.3 is 9.73 Å². The van der Waals surface area contributed by atoms with E-state index in [-0.39, 0.29) is 5.54 Å². The lowest BCUT2D eigenvalue weighted by molar-refractivity contribution is 0.287. The van der Waals surface area contributed by atoms with Gasteiger partial charge in [0.15, 0.2) is 0 Å². The second-order valence-corrected chi connectivity index (χ2v) is 2.30. The van der Waals surface area contributed by atoms with Gasteiger partial charge in [0.1, 0.15) is 0 Å². The molecule has 0 aromatic rings. The number of hydrogen-bond acceptors (Lipinski definition) is 2. The fourth-order valence-electron chi connectivity index (χ4n) is 0.397. The first kappa shape index (κ1) is 4.62. The fraction of sp³-hybridized carbons (Fsp3) is 0.800. The highest BCUT2D eigenvalue weighted by atomic mass is 16.5. The van der Waals surface area contributed by atoms with Crippen LogP contribution in [0.25, 0.3) is 0 Å². The van der Waals surface area contributed by atoms with E-state index >= 15 is 0 Å². The summed E-state index contributed by atoms with van der Waals surface area (Å²) in [6, 6.07) is 0. The van der Waals surface area contributed by atoms with E-state index in [0.717, 1.165) is 0 Å². The number of rotatable bonds is 0. The topological polar surface area (TPSA) is 21.6 Å². The largest absolute Gasteiger partial charge is 0.673 e. The average Bonchev–Trinajstić information content (AvgIpc) is 1.84. The van der Waals surface area contributed by atoms with Gasteiger partial charge in [0.05, 0.1) is 12.1 Å². The molecule has 1 aliphatic heterocycles. The predicted octanol–water partition coefficient (Wildman–Crippen LogP) is 0.701. The molecule has 0 radical (unpaired) electrons. The summed E-state index contributed by atoms with van der Waals surface area (Å²) in [6.07, 6.45) is 2.44. The van der Waals surface area contributed by atoms with E-state index in [1.54, 1.807) is 0 Å². The quantitative estimate of drug-likeness (QED) is 0.409. The molecule has 0 saturated carbocycles. The maximum atomic E-state index is 4.74. The average molecular weight is 98.1 g/mol. The zero-order chi connectivity index (χ0) is 5.33. The van der Waals surface area contributed by atoms with Gasteiger partial charge in [0, 0.05) is 0 Å². The Kier molecular flexibility index (Phi) is 0.805. The van der Waals surface area contributed by atoms with Crippen LogP contribution in [0.2, 0.25) is 0 Å². The lowest BCUT2D eigenvalue weighted by Gasteiger charge is -2.14. The summed E-state index contributed by atoms with van der Waals surface area (Å²) >= 11 is 0. The highest BCUT2D eigenvalue weighted by Crippen LogP contribution is 2.11. The van der Waals surface area contributed by atoms with Crippen LogP contribution >= 0.6 is 0 Å². The first-order chi connectivity index (χ1) is 3.21. The molecule has 0 fully saturated rings. The van der Waals surface area contributed by atoms with Crippen molar-refractivity contribution in [1.82, 2.24) is 0 Å². The SMILES string of the molecule is CC1(C)CO[C-]=N1. The Morgan fingerprint density at radius 2 is 2.43 bits per heavy atom. The van der Waals surface area contributed by atoms with Crippen molar-refractivity contribution in [2.75, 3.05) is 6.61 Å². The highest BCUT2D eigenvalue weighted by molar-refractivity contribution is 5.49. The molecule has 0 aliphatic carbocycles. The number of hydrogen-bond donors (Lipinski definition) is 0. The molecule has 0 N–H and O–H groups in total. The van der Waals surface area contributed by atoms with Crippen LogP contribution in [-0.2, 0) is 4.74 Å². The van der Waals surface area contributed by atoms with Crippen LogP contribution in [0.4, 0.5) is 0 Å². The van der Waals surface area contributed by atoms with Crippen LogP contribution in [0.1, 0.15) is 13.8 Å². The molecule has 0 aromatic heterocycles. The molecular weight excluding hydrogens is 90.1 g/mol. The zero-order valence-corrected chi connectivity index (χ0v) is 4.56. The van der Waals surface area contributed by atoms with Crippen molar-refractivity contribution in [2.24, 2.45) is 4.99 Å². The molecule has 2 nitrogen and oxygen atoms in total. The minimum absolute atomic E-state index is 0.0139. The number of ether oxygens (including phenoxy) is 1. The van der Waals surface area contributed by atoms with Crippen molar-refractivity contribution in [3.05, 3.63) is 0 Å². The normalized spacial score (nSPS) is 24.9. The van der Waals surface area contributed by atoms with E-state index in [1.807, 2.05) is 13.8 Å². The van der Waals surface area contributed by atoms with Crippen LogP contribution in [0, 0.1) is 0 Å². The van der Waals surface area contributed by atoms with Crippen LogP contribution < -0.4 is 0 Å². The van der Waals surface area contributed by atoms with E-state index < -0.39 is 0 Å². The van der Waals surface area contributed by atoms with Crippen molar-refractivity contribution >= 4 is 6.40 Å². The number of aliphatic imine (C=N–C) groups is 1. The summed E-state index contributed by atoms with van der Waals surface area (Å²) < 4.78 is 4.74. The van der Waals surface area contributed by atoms with E-state index in [4.69, 9.17) is 4.74 Å². The van der Waals surface area contributed by atoms with Crippen molar-refractivity contribution in [3.63, 3.8) is 0 Å². The van der Waals surface area contributed by atoms with Crippen molar-refractivity contribution < 1.29 is 4.74 Å². The van der Waals surface area contributed by atoms with E-state index in [1.165, 1.54) is 0 Å². The van der Waals surface area contributed by atoms with Gasteiger partial charge >= 0.3 is 0 Å². The lowest BCUT2D eigenvalue weighted by atomic mass is 10.1. The van der Waals surface area contributed by atoms with Gasteiger partial charge in [-0.25, -0.2) is 6.40 Å². The molecule has 0 saturated heterocycles. The molecule has 1 aliphatic rings. The summed E-state index contributed by atoms with van der Waals surface area (Å²) in [7, 11) is 0. The van der Waals surface area contributed by atoms with Crippen molar-refractivity contribution in [1.29, 1.82) is 0 Å². The van der Waals surface area contributed by atoms with Crippen LogP contribution in [0.5, 0.6) is 0 Å². The Hall–Kier alpha value is -0.530. The maximum Gasteiger partial charge on any atom is 0.0691 e. The molecule has 0 aromatic carbocycles. The highest BCUT2D eigenvalue weighted by Gasteiger charge is 2.11. The van der Waals surface area contributed by atoms with E-state index in [2.05, 4.69) is 11.4 Å². The Morgan fingerprint density at radius 3 is 2.57 bits per heavy atom. The van der Waals surface area contributed by atoms with Crippen molar-refractivity contribution in [3.8, 4) is 0 Å². The van der Waals surface area contributed by atoms with Gasteiger partial charge in [-0.05, 0) is 13.8 Å². The van der Waals surface area contributed by atoms with Gasteiger partial charge in [0.25, 0.3) is 0 Å². The molecule has 7 heavy (non-hydrogen) atoms.